The van der Waals surface area contributed by atoms with Gasteiger partial charge in [0.25, 0.3) is 5.91 Å². The van der Waals surface area contributed by atoms with E-state index in [1.54, 1.807) is 6.07 Å². The Hall–Kier alpha value is -2.11. The minimum Gasteiger partial charge on any atom is -0.365 e. The highest BCUT2D eigenvalue weighted by Gasteiger charge is 2.09. The smallest absolute Gasteiger partial charge is 0.320 e. The molecule has 6 nitrogen and oxygen atoms in total. The van der Waals surface area contributed by atoms with E-state index in [2.05, 4.69) is 15.6 Å². The average molecular weight is 194 g/mol. The van der Waals surface area contributed by atoms with Gasteiger partial charge in [0.1, 0.15) is 5.82 Å². The Morgan fingerprint density at radius 1 is 1.50 bits per heavy atom. The first-order valence-electron chi connectivity index (χ1n) is 3.88. The highest BCUT2D eigenvalue weighted by molar-refractivity contribution is 6.01. The van der Waals surface area contributed by atoms with Gasteiger partial charge in [-0.2, -0.15) is 0 Å². The molecule has 0 unspecified atom stereocenters. The van der Waals surface area contributed by atoms with Gasteiger partial charge < -0.3 is 11.1 Å². The van der Waals surface area contributed by atoms with Crippen molar-refractivity contribution >= 4 is 17.8 Å². The van der Waals surface area contributed by atoms with E-state index in [9.17, 15) is 9.59 Å². The molecule has 1 rings (SSSR count). The molecule has 1 aromatic heterocycles. The lowest BCUT2D eigenvalue weighted by Gasteiger charge is -2.06. The molecule has 0 fully saturated rings. The van der Waals surface area contributed by atoms with Crippen LogP contribution in [0.15, 0.2) is 18.3 Å². The van der Waals surface area contributed by atoms with Gasteiger partial charge in [0.15, 0.2) is 0 Å². The van der Waals surface area contributed by atoms with Crippen LogP contribution in [-0.4, -0.2) is 24.0 Å². The number of aromatic nitrogens is 1. The van der Waals surface area contributed by atoms with E-state index in [1.807, 2.05) is 0 Å². The summed E-state index contributed by atoms with van der Waals surface area (Å²) in [4.78, 5) is 25.7. The fraction of sp³-hybridized carbons (Fsp3) is 0.125. The van der Waals surface area contributed by atoms with Gasteiger partial charge in [-0.3, -0.25) is 10.1 Å². The van der Waals surface area contributed by atoms with E-state index < -0.39 is 11.9 Å². The number of urea groups is 1. The van der Waals surface area contributed by atoms with Gasteiger partial charge in [-0.1, -0.05) is 0 Å². The Kier molecular flexibility index (Phi) is 3.01. The summed E-state index contributed by atoms with van der Waals surface area (Å²) in [6.45, 7) is 0. The summed E-state index contributed by atoms with van der Waals surface area (Å²) < 4.78 is 0. The maximum absolute atomic E-state index is 10.9. The minimum atomic E-state index is -0.635. The molecule has 3 amide bonds. The van der Waals surface area contributed by atoms with Gasteiger partial charge >= 0.3 is 6.03 Å². The summed E-state index contributed by atoms with van der Waals surface area (Å²) in [5, 5.41) is 4.72. The number of nitrogens with two attached hydrogens (primary N) is 1. The van der Waals surface area contributed by atoms with Gasteiger partial charge in [-0.05, 0) is 12.1 Å². The number of nitrogens with one attached hydrogen (secondary N) is 2. The van der Waals surface area contributed by atoms with E-state index >= 15 is 0 Å². The summed E-state index contributed by atoms with van der Waals surface area (Å²) >= 11 is 0. The third-order valence-corrected chi connectivity index (χ3v) is 1.53. The first kappa shape index (κ1) is 9.97. The van der Waals surface area contributed by atoms with Gasteiger partial charge in [0.2, 0.25) is 0 Å². The maximum Gasteiger partial charge on any atom is 0.320 e. The monoisotopic (exact) mass is 194 g/mol. The van der Waals surface area contributed by atoms with Crippen molar-refractivity contribution in [2.24, 2.45) is 5.73 Å². The first-order chi connectivity index (χ1) is 6.65. The fourth-order valence-electron chi connectivity index (χ4n) is 0.874. The summed E-state index contributed by atoms with van der Waals surface area (Å²) in [5.41, 5.74) is 5.26. The minimum absolute atomic E-state index is 0.152. The largest absolute Gasteiger partial charge is 0.365 e. The Morgan fingerprint density at radius 3 is 2.79 bits per heavy atom. The normalized spacial score (nSPS) is 9.21. The van der Waals surface area contributed by atoms with Crippen molar-refractivity contribution in [2.45, 2.75) is 0 Å². The third-order valence-electron chi connectivity index (χ3n) is 1.53. The van der Waals surface area contributed by atoms with Crippen molar-refractivity contribution in [1.29, 1.82) is 0 Å². The van der Waals surface area contributed by atoms with Crippen molar-refractivity contribution in [3.05, 3.63) is 23.9 Å². The summed E-state index contributed by atoms with van der Waals surface area (Å²) in [6, 6.07) is 2.60. The molecule has 0 saturated heterocycles. The highest BCUT2D eigenvalue weighted by atomic mass is 16.2. The number of hydrogen-bond acceptors (Lipinski definition) is 3. The SMILES string of the molecule is CNC(=O)Nc1ncccc1C(N)=O. The summed E-state index contributed by atoms with van der Waals surface area (Å²) in [6.07, 6.45) is 1.46. The van der Waals surface area contributed by atoms with E-state index in [0.717, 1.165) is 0 Å². The second-order valence-corrected chi connectivity index (χ2v) is 2.47. The zero-order valence-corrected chi connectivity index (χ0v) is 7.57. The van der Waals surface area contributed by atoms with E-state index in [-0.39, 0.29) is 11.4 Å². The van der Waals surface area contributed by atoms with E-state index in [1.165, 1.54) is 19.3 Å². The molecule has 0 aliphatic heterocycles. The number of carbonyl (C=O) groups is 2. The van der Waals surface area contributed by atoms with Crippen LogP contribution >= 0.6 is 0 Å². The van der Waals surface area contributed by atoms with Gasteiger partial charge in [-0.15, -0.1) is 0 Å². The molecule has 0 aliphatic rings. The van der Waals surface area contributed by atoms with Gasteiger partial charge in [0.05, 0.1) is 5.56 Å². The molecule has 0 saturated carbocycles. The number of carbonyl (C=O) groups excluding carboxylic acids is 2. The van der Waals surface area contributed by atoms with Crippen LogP contribution in [0.4, 0.5) is 10.6 Å². The number of rotatable bonds is 2. The Balaban J connectivity index is 2.95. The van der Waals surface area contributed by atoms with Crippen LogP contribution in [0.2, 0.25) is 0 Å². The molecule has 0 spiro atoms. The van der Waals surface area contributed by atoms with Crippen molar-refractivity contribution in [3.8, 4) is 0 Å². The van der Waals surface area contributed by atoms with Gasteiger partial charge in [0, 0.05) is 13.2 Å². The molecule has 1 heterocycles. The van der Waals surface area contributed by atoms with Crippen LogP contribution in [-0.2, 0) is 0 Å². The summed E-state index contributed by atoms with van der Waals surface area (Å²) in [5.74, 6) is -0.483. The Morgan fingerprint density at radius 2 is 2.21 bits per heavy atom. The van der Waals surface area contributed by atoms with Crippen LogP contribution in [0.25, 0.3) is 0 Å². The van der Waals surface area contributed by atoms with Crippen molar-refractivity contribution in [3.63, 3.8) is 0 Å². The van der Waals surface area contributed by atoms with Crippen molar-refractivity contribution in [2.75, 3.05) is 12.4 Å². The standard InChI is InChI=1S/C8H10N4O2/c1-10-8(14)12-7-5(6(9)13)3-2-4-11-7/h2-4H,1H3,(H2,9,13)(H2,10,11,12,14). The molecule has 4 N–H and O–H groups in total. The number of nitrogens with zero attached hydrogens (tertiary/aromatic N) is 1. The molecule has 74 valence electrons. The number of hydrogen-bond donors (Lipinski definition) is 3. The van der Waals surface area contributed by atoms with Crippen molar-refractivity contribution in [1.82, 2.24) is 10.3 Å². The molecule has 0 aromatic carbocycles. The molecule has 0 radical (unpaired) electrons. The van der Waals surface area contributed by atoms with Crippen LogP contribution in [0, 0.1) is 0 Å². The molecule has 1 aromatic rings. The van der Waals surface area contributed by atoms with Crippen LogP contribution < -0.4 is 16.4 Å². The number of pyridine rings is 1. The molecular weight excluding hydrogens is 184 g/mol. The maximum atomic E-state index is 10.9. The number of primary amides is 1. The predicted molar refractivity (Wildman–Crippen MR) is 50.8 cm³/mol. The molecule has 14 heavy (non-hydrogen) atoms. The van der Waals surface area contributed by atoms with Gasteiger partial charge in [-0.25, -0.2) is 9.78 Å². The molecule has 0 bridgehead atoms. The predicted octanol–water partition coefficient (Wildman–Crippen LogP) is -0.0682. The van der Waals surface area contributed by atoms with E-state index in [0.29, 0.717) is 0 Å². The second-order valence-electron chi connectivity index (χ2n) is 2.47. The average Bonchev–Trinajstić information content (AvgIpc) is 2.18. The Bertz CT molecular complexity index is 364. The fourth-order valence-corrected chi connectivity index (χ4v) is 0.874. The molecule has 0 atom stereocenters. The summed E-state index contributed by atoms with van der Waals surface area (Å²) in [7, 11) is 1.46. The van der Waals surface area contributed by atoms with Crippen LogP contribution in [0.1, 0.15) is 10.4 Å². The first-order valence-corrected chi connectivity index (χ1v) is 3.88. The lowest BCUT2D eigenvalue weighted by atomic mass is 10.2. The highest BCUT2D eigenvalue weighted by Crippen LogP contribution is 2.09. The Labute approximate surface area is 80.5 Å². The van der Waals surface area contributed by atoms with E-state index in [4.69, 9.17) is 5.73 Å². The molecule has 0 aliphatic carbocycles. The zero-order valence-electron chi connectivity index (χ0n) is 7.57. The van der Waals surface area contributed by atoms with Crippen molar-refractivity contribution < 1.29 is 9.59 Å². The quantitative estimate of drug-likeness (QED) is 0.614. The second kappa shape index (κ2) is 4.22. The van der Waals surface area contributed by atoms with Crippen LogP contribution in [0.3, 0.4) is 0 Å². The molecular formula is C8H10N4O2. The topological polar surface area (TPSA) is 97.1 Å². The van der Waals surface area contributed by atoms with Crippen LogP contribution in [0.5, 0.6) is 0 Å². The third kappa shape index (κ3) is 2.19. The zero-order chi connectivity index (χ0) is 10.6. The lowest BCUT2D eigenvalue weighted by molar-refractivity contribution is 0.100. The molecule has 6 heteroatoms. The lowest BCUT2D eigenvalue weighted by Crippen LogP contribution is -2.27. The number of anilines is 1. The number of amides is 3.